The average Bonchev–Trinajstić information content (AvgIpc) is 2.92. The molecule has 3 rings (SSSR count). The Morgan fingerprint density at radius 1 is 1.32 bits per heavy atom. The highest BCUT2D eigenvalue weighted by molar-refractivity contribution is 5.83. The minimum Gasteiger partial charge on any atom is -0.443 e. The molecule has 11 nitrogen and oxygen atoms in total. The fourth-order valence-corrected chi connectivity index (χ4v) is 2.60. The van der Waals surface area contributed by atoms with E-state index in [0.29, 0.717) is 11.0 Å². The summed E-state index contributed by atoms with van der Waals surface area (Å²) in [6, 6.07) is 3.25. The summed E-state index contributed by atoms with van der Waals surface area (Å²) in [6.07, 6.45) is -5.65. The third-order valence-electron chi connectivity index (χ3n) is 3.85. The van der Waals surface area contributed by atoms with Crippen molar-refractivity contribution in [3.05, 3.63) is 18.3 Å². The van der Waals surface area contributed by atoms with Crippen LogP contribution in [0.2, 0.25) is 0 Å². The van der Waals surface area contributed by atoms with E-state index in [1.54, 1.807) is 12.1 Å². The molecule has 0 radical (unpaired) electrons. The number of carbonyl (C=O) groups is 1. The van der Waals surface area contributed by atoms with Crippen LogP contribution >= 0.6 is 0 Å². The lowest BCUT2D eigenvalue weighted by molar-refractivity contribution is -0.278. The molecule has 0 saturated carbocycles. The van der Waals surface area contributed by atoms with Crippen molar-refractivity contribution in [2.24, 2.45) is 5.73 Å². The van der Waals surface area contributed by atoms with E-state index in [1.807, 2.05) is 0 Å². The SMILES string of the molecule is NC(=O)Cn1nc(OC2O[C@H](CO)[C@@H](O)[C@H](O)[C@H]2O)c2cccnc21. The number of primary amides is 1. The average molecular weight is 354 g/mol. The molecule has 2 aromatic rings. The first-order valence-electron chi connectivity index (χ1n) is 7.49. The third kappa shape index (κ3) is 3.27. The summed E-state index contributed by atoms with van der Waals surface area (Å²) in [6.45, 7) is -0.811. The summed E-state index contributed by atoms with van der Waals surface area (Å²) < 4.78 is 12.0. The van der Waals surface area contributed by atoms with Crippen LogP contribution in [-0.2, 0) is 16.1 Å². The molecule has 1 saturated heterocycles. The van der Waals surface area contributed by atoms with Gasteiger partial charge in [0, 0.05) is 6.20 Å². The molecule has 2 aromatic heterocycles. The topological polar surface area (TPSA) is 173 Å². The standard InChI is InChI=1S/C14H18N4O7/c15-8(20)4-18-12-6(2-1-3-16-12)13(17-18)25-14-11(23)10(22)9(21)7(5-19)24-14/h1-3,7,9-11,14,19,21-23H,4-5H2,(H2,15,20)/t7-,9-,10+,11-,14?/m1/s1. The maximum atomic E-state index is 11.2. The van der Waals surface area contributed by atoms with Gasteiger partial charge in [-0.2, -0.15) is 0 Å². The van der Waals surface area contributed by atoms with Gasteiger partial charge in [-0.1, -0.05) is 0 Å². The van der Waals surface area contributed by atoms with E-state index in [-0.39, 0.29) is 12.4 Å². The van der Waals surface area contributed by atoms with Crippen LogP contribution in [0.3, 0.4) is 0 Å². The number of aliphatic hydroxyl groups excluding tert-OH is 4. The Morgan fingerprint density at radius 3 is 2.76 bits per heavy atom. The maximum absolute atomic E-state index is 11.2. The molecule has 5 atom stereocenters. The van der Waals surface area contributed by atoms with Gasteiger partial charge in [0.2, 0.25) is 18.1 Å². The van der Waals surface area contributed by atoms with E-state index in [9.17, 15) is 25.2 Å². The van der Waals surface area contributed by atoms with Gasteiger partial charge in [-0.3, -0.25) is 4.79 Å². The highest BCUT2D eigenvalue weighted by atomic mass is 16.7. The first-order valence-corrected chi connectivity index (χ1v) is 7.49. The lowest BCUT2D eigenvalue weighted by atomic mass is 9.99. The quantitative estimate of drug-likeness (QED) is 0.377. The molecule has 1 amide bonds. The van der Waals surface area contributed by atoms with Crippen molar-refractivity contribution >= 4 is 16.9 Å². The zero-order chi connectivity index (χ0) is 18.1. The van der Waals surface area contributed by atoms with Crippen LogP contribution in [0, 0.1) is 0 Å². The van der Waals surface area contributed by atoms with Crippen molar-refractivity contribution < 1.29 is 34.7 Å². The molecule has 1 fully saturated rings. The van der Waals surface area contributed by atoms with Crippen molar-refractivity contribution in [3.8, 4) is 5.88 Å². The lowest BCUT2D eigenvalue weighted by Crippen LogP contribution is -2.60. The van der Waals surface area contributed by atoms with Crippen molar-refractivity contribution in [1.29, 1.82) is 0 Å². The number of rotatable bonds is 5. The summed E-state index contributed by atoms with van der Waals surface area (Å²) in [7, 11) is 0. The Morgan fingerprint density at radius 2 is 2.08 bits per heavy atom. The fourth-order valence-electron chi connectivity index (χ4n) is 2.60. The second kappa shape index (κ2) is 6.90. The molecule has 136 valence electrons. The van der Waals surface area contributed by atoms with Crippen LogP contribution in [-0.4, -0.2) is 78.4 Å². The normalized spacial score (nSPS) is 29.7. The second-order valence-electron chi connectivity index (χ2n) is 5.62. The van der Waals surface area contributed by atoms with Crippen LogP contribution in [0.5, 0.6) is 5.88 Å². The minimum atomic E-state index is -1.58. The lowest BCUT2D eigenvalue weighted by Gasteiger charge is -2.39. The van der Waals surface area contributed by atoms with Gasteiger partial charge in [-0.25, -0.2) is 9.67 Å². The minimum absolute atomic E-state index is 0.00585. The number of amides is 1. The van der Waals surface area contributed by atoms with Crippen molar-refractivity contribution in [2.75, 3.05) is 6.61 Å². The van der Waals surface area contributed by atoms with E-state index >= 15 is 0 Å². The molecule has 1 aliphatic heterocycles. The molecule has 0 aliphatic carbocycles. The zero-order valence-corrected chi connectivity index (χ0v) is 13.0. The molecule has 1 unspecified atom stereocenters. The van der Waals surface area contributed by atoms with Gasteiger partial charge >= 0.3 is 0 Å². The molecule has 0 aromatic carbocycles. The molecule has 3 heterocycles. The number of nitrogens with two attached hydrogens (primary N) is 1. The number of nitrogens with zero attached hydrogens (tertiary/aromatic N) is 3. The van der Waals surface area contributed by atoms with Crippen molar-refractivity contribution in [1.82, 2.24) is 14.8 Å². The number of hydrogen-bond donors (Lipinski definition) is 5. The molecule has 0 spiro atoms. The van der Waals surface area contributed by atoms with Crippen LogP contribution < -0.4 is 10.5 Å². The summed E-state index contributed by atoms with van der Waals surface area (Å²) >= 11 is 0. The fraction of sp³-hybridized carbons (Fsp3) is 0.500. The molecule has 1 aliphatic rings. The number of fused-ring (bicyclic) bond motifs is 1. The van der Waals surface area contributed by atoms with Gasteiger partial charge in [0.1, 0.15) is 31.0 Å². The number of ether oxygens (including phenoxy) is 2. The summed E-state index contributed by atoms with van der Waals surface area (Å²) in [5.41, 5.74) is 5.51. The van der Waals surface area contributed by atoms with E-state index in [0.717, 1.165) is 0 Å². The Kier molecular flexibility index (Phi) is 4.83. The van der Waals surface area contributed by atoms with Crippen molar-refractivity contribution in [3.63, 3.8) is 0 Å². The van der Waals surface area contributed by atoms with Gasteiger partial charge in [0.15, 0.2) is 5.65 Å². The zero-order valence-electron chi connectivity index (χ0n) is 13.0. The predicted molar refractivity (Wildman–Crippen MR) is 81.1 cm³/mol. The van der Waals surface area contributed by atoms with E-state index in [4.69, 9.17) is 15.2 Å². The number of aliphatic hydroxyl groups is 4. The van der Waals surface area contributed by atoms with Crippen LogP contribution in [0.25, 0.3) is 11.0 Å². The van der Waals surface area contributed by atoms with Crippen LogP contribution in [0.15, 0.2) is 18.3 Å². The monoisotopic (exact) mass is 354 g/mol. The molecule has 6 N–H and O–H groups in total. The highest BCUT2D eigenvalue weighted by Crippen LogP contribution is 2.28. The van der Waals surface area contributed by atoms with Crippen molar-refractivity contribution in [2.45, 2.75) is 37.3 Å². The van der Waals surface area contributed by atoms with Gasteiger partial charge in [0.05, 0.1) is 12.0 Å². The molecule has 0 bridgehead atoms. The summed E-state index contributed by atoms with van der Waals surface area (Å²) in [5, 5.41) is 43.4. The number of aromatic nitrogens is 3. The Labute approximate surface area is 141 Å². The maximum Gasteiger partial charge on any atom is 0.244 e. The van der Waals surface area contributed by atoms with Gasteiger partial charge in [-0.15, -0.1) is 5.10 Å². The predicted octanol–water partition coefficient (Wildman–Crippen LogP) is -2.90. The Balaban J connectivity index is 1.91. The number of hydrogen-bond acceptors (Lipinski definition) is 9. The van der Waals surface area contributed by atoms with Gasteiger partial charge < -0.3 is 35.6 Å². The van der Waals surface area contributed by atoms with Gasteiger partial charge in [-0.05, 0) is 12.1 Å². The first kappa shape index (κ1) is 17.5. The van der Waals surface area contributed by atoms with Crippen LogP contribution in [0.4, 0.5) is 0 Å². The van der Waals surface area contributed by atoms with E-state index < -0.39 is 43.2 Å². The largest absolute Gasteiger partial charge is 0.443 e. The summed E-state index contributed by atoms with van der Waals surface area (Å²) in [4.78, 5) is 15.3. The first-order chi connectivity index (χ1) is 11.9. The van der Waals surface area contributed by atoms with E-state index in [2.05, 4.69) is 10.1 Å². The van der Waals surface area contributed by atoms with E-state index in [1.165, 1.54) is 10.9 Å². The molecular weight excluding hydrogens is 336 g/mol. The molecular formula is C14H18N4O7. The van der Waals surface area contributed by atoms with Gasteiger partial charge in [0.25, 0.3) is 0 Å². The van der Waals surface area contributed by atoms with Crippen LogP contribution in [0.1, 0.15) is 0 Å². The Bertz CT molecular complexity index is 765. The second-order valence-corrected chi connectivity index (χ2v) is 5.62. The Hall–Kier alpha value is -2.31. The smallest absolute Gasteiger partial charge is 0.244 e. The molecule has 11 heteroatoms. The number of pyridine rings is 1. The highest BCUT2D eigenvalue weighted by Gasteiger charge is 2.45. The molecule has 25 heavy (non-hydrogen) atoms. The number of carbonyl (C=O) groups excluding carboxylic acids is 1. The summed E-state index contributed by atoms with van der Waals surface area (Å²) in [5.74, 6) is -0.636. The third-order valence-corrected chi connectivity index (χ3v) is 3.85.